The molecular formula is C11H11N3O. The Morgan fingerprint density at radius 1 is 1.40 bits per heavy atom. The molecule has 0 N–H and O–H groups in total. The highest BCUT2D eigenvalue weighted by Gasteiger charge is 2.03. The number of aryl methyl sites for hydroxylation is 1. The molecule has 2 aromatic rings. The molecule has 0 saturated heterocycles. The lowest BCUT2D eigenvalue weighted by Crippen LogP contribution is -1.98. The van der Waals surface area contributed by atoms with Crippen LogP contribution in [-0.2, 0) is 0 Å². The summed E-state index contributed by atoms with van der Waals surface area (Å²) in [4.78, 5) is 19.5. The van der Waals surface area contributed by atoms with Gasteiger partial charge in [0.2, 0.25) is 0 Å². The molecule has 0 atom stereocenters. The largest absolute Gasteiger partial charge is 0.295 e. The predicted octanol–water partition coefficient (Wildman–Crippen LogP) is 1.78. The van der Waals surface area contributed by atoms with Crippen LogP contribution < -0.4 is 0 Å². The topological polar surface area (TPSA) is 47.8 Å². The Hall–Kier alpha value is -1.97. The van der Waals surface area contributed by atoms with E-state index in [0.717, 1.165) is 5.69 Å². The second kappa shape index (κ2) is 3.65. The number of hydrogen-bond acceptors (Lipinski definition) is 3. The third-order valence-corrected chi connectivity index (χ3v) is 2.13. The molecule has 0 unspecified atom stereocenters. The lowest BCUT2D eigenvalue weighted by Gasteiger charge is -2.01. The van der Waals surface area contributed by atoms with E-state index >= 15 is 0 Å². The molecule has 76 valence electrons. The van der Waals surface area contributed by atoms with Gasteiger partial charge < -0.3 is 0 Å². The van der Waals surface area contributed by atoms with E-state index in [1.165, 1.54) is 6.92 Å². The SMILES string of the molecule is CC(=O)c1ccnc(-n2cnc(C)c2)c1. The lowest BCUT2D eigenvalue weighted by molar-refractivity contribution is 0.101. The fourth-order valence-electron chi connectivity index (χ4n) is 1.33. The molecule has 2 aromatic heterocycles. The fourth-order valence-corrected chi connectivity index (χ4v) is 1.33. The summed E-state index contributed by atoms with van der Waals surface area (Å²) >= 11 is 0. The number of ketones is 1. The fraction of sp³-hybridized carbons (Fsp3) is 0.182. The lowest BCUT2D eigenvalue weighted by atomic mass is 10.2. The molecule has 4 heteroatoms. The van der Waals surface area contributed by atoms with Crippen LogP contribution in [0, 0.1) is 6.92 Å². The maximum Gasteiger partial charge on any atom is 0.159 e. The first kappa shape index (κ1) is 9.58. The number of imidazole rings is 1. The van der Waals surface area contributed by atoms with E-state index in [1.54, 1.807) is 29.2 Å². The van der Waals surface area contributed by atoms with Crippen LogP contribution in [0.3, 0.4) is 0 Å². The van der Waals surface area contributed by atoms with Crippen LogP contribution in [0.25, 0.3) is 5.82 Å². The number of nitrogens with zero attached hydrogens (tertiary/aromatic N) is 3. The number of aromatic nitrogens is 3. The maximum absolute atomic E-state index is 11.2. The van der Waals surface area contributed by atoms with E-state index in [-0.39, 0.29) is 5.78 Å². The van der Waals surface area contributed by atoms with Crippen LogP contribution >= 0.6 is 0 Å². The van der Waals surface area contributed by atoms with E-state index in [4.69, 9.17) is 0 Å². The van der Waals surface area contributed by atoms with Gasteiger partial charge in [-0.25, -0.2) is 9.97 Å². The van der Waals surface area contributed by atoms with Gasteiger partial charge in [0.1, 0.15) is 12.1 Å². The van der Waals surface area contributed by atoms with Crippen LogP contribution in [0.5, 0.6) is 0 Å². The molecule has 0 spiro atoms. The van der Waals surface area contributed by atoms with Gasteiger partial charge in [-0.2, -0.15) is 0 Å². The van der Waals surface area contributed by atoms with E-state index in [2.05, 4.69) is 9.97 Å². The van der Waals surface area contributed by atoms with Crippen molar-refractivity contribution in [2.75, 3.05) is 0 Å². The zero-order valence-electron chi connectivity index (χ0n) is 8.64. The zero-order valence-corrected chi connectivity index (χ0v) is 8.64. The van der Waals surface area contributed by atoms with E-state index in [0.29, 0.717) is 11.4 Å². The van der Waals surface area contributed by atoms with Gasteiger partial charge in [-0.1, -0.05) is 0 Å². The van der Waals surface area contributed by atoms with Crippen molar-refractivity contribution in [1.29, 1.82) is 0 Å². The quantitative estimate of drug-likeness (QED) is 0.696. The molecule has 0 radical (unpaired) electrons. The van der Waals surface area contributed by atoms with Crippen LogP contribution in [0.1, 0.15) is 23.0 Å². The van der Waals surface area contributed by atoms with Crippen molar-refractivity contribution < 1.29 is 4.79 Å². The van der Waals surface area contributed by atoms with Gasteiger partial charge in [0, 0.05) is 18.0 Å². The van der Waals surface area contributed by atoms with Crippen LogP contribution in [0.4, 0.5) is 0 Å². The highest BCUT2D eigenvalue weighted by Crippen LogP contribution is 2.08. The van der Waals surface area contributed by atoms with Gasteiger partial charge in [-0.05, 0) is 26.0 Å². The second-order valence-corrected chi connectivity index (χ2v) is 3.38. The summed E-state index contributed by atoms with van der Waals surface area (Å²) in [7, 11) is 0. The monoisotopic (exact) mass is 201 g/mol. The normalized spacial score (nSPS) is 10.3. The first-order chi connectivity index (χ1) is 7.16. The van der Waals surface area contributed by atoms with Crippen molar-refractivity contribution in [2.45, 2.75) is 13.8 Å². The summed E-state index contributed by atoms with van der Waals surface area (Å²) in [6, 6.07) is 3.46. The van der Waals surface area contributed by atoms with Gasteiger partial charge >= 0.3 is 0 Å². The molecule has 0 bridgehead atoms. The van der Waals surface area contributed by atoms with Crippen molar-refractivity contribution >= 4 is 5.78 Å². The third-order valence-electron chi connectivity index (χ3n) is 2.13. The van der Waals surface area contributed by atoms with Crippen molar-refractivity contribution in [1.82, 2.24) is 14.5 Å². The number of Topliss-reactive ketones (excluding diaryl/α,β-unsaturated/α-hetero) is 1. The number of hydrogen-bond donors (Lipinski definition) is 0. The van der Waals surface area contributed by atoms with Crippen molar-refractivity contribution in [3.05, 3.63) is 42.1 Å². The van der Waals surface area contributed by atoms with Crippen molar-refractivity contribution in [2.24, 2.45) is 0 Å². The molecule has 0 aromatic carbocycles. The molecule has 0 fully saturated rings. The summed E-state index contributed by atoms with van der Waals surface area (Å²) in [5, 5.41) is 0. The minimum Gasteiger partial charge on any atom is -0.295 e. The van der Waals surface area contributed by atoms with Gasteiger partial charge in [0.05, 0.1) is 5.69 Å². The van der Waals surface area contributed by atoms with Gasteiger partial charge in [-0.15, -0.1) is 0 Å². The molecule has 0 aliphatic carbocycles. The molecular weight excluding hydrogens is 190 g/mol. The zero-order chi connectivity index (χ0) is 10.8. The molecule has 0 saturated carbocycles. The molecule has 15 heavy (non-hydrogen) atoms. The maximum atomic E-state index is 11.2. The summed E-state index contributed by atoms with van der Waals surface area (Å²) in [5.74, 6) is 0.749. The predicted molar refractivity (Wildman–Crippen MR) is 56.1 cm³/mol. The van der Waals surface area contributed by atoms with Gasteiger partial charge in [0.15, 0.2) is 5.78 Å². The second-order valence-electron chi connectivity index (χ2n) is 3.38. The average Bonchev–Trinajstić information content (AvgIpc) is 2.65. The van der Waals surface area contributed by atoms with Gasteiger partial charge in [0.25, 0.3) is 0 Å². The van der Waals surface area contributed by atoms with Crippen molar-refractivity contribution in [3.8, 4) is 5.82 Å². The summed E-state index contributed by atoms with van der Waals surface area (Å²) in [6.07, 6.45) is 5.18. The Labute approximate surface area is 87.6 Å². The Bertz CT molecular complexity index is 502. The minimum atomic E-state index is 0.0375. The third kappa shape index (κ3) is 1.93. The van der Waals surface area contributed by atoms with Gasteiger partial charge in [-0.3, -0.25) is 9.36 Å². The molecule has 0 aliphatic heterocycles. The molecule has 2 rings (SSSR count). The first-order valence-electron chi connectivity index (χ1n) is 4.65. The van der Waals surface area contributed by atoms with E-state index in [1.807, 2.05) is 13.1 Å². The van der Waals surface area contributed by atoms with Crippen molar-refractivity contribution in [3.63, 3.8) is 0 Å². The highest BCUT2D eigenvalue weighted by molar-refractivity contribution is 5.94. The first-order valence-corrected chi connectivity index (χ1v) is 4.65. The van der Waals surface area contributed by atoms with E-state index in [9.17, 15) is 4.79 Å². The number of pyridine rings is 1. The Morgan fingerprint density at radius 2 is 2.20 bits per heavy atom. The standard InChI is InChI=1S/C11H11N3O/c1-8-6-14(7-13-8)11-5-10(9(2)15)3-4-12-11/h3-7H,1-2H3. The number of carbonyl (C=O) groups is 1. The summed E-state index contributed by atoms with van der Waals surface area (Å²) in [6.45, 7) is 3.45. The van der Waals surface area contributed by atoms with Crippen LogP contribution in [-0.4, -0.2) is 20.3 Å². The Kier molecular flexibility index (Phi) is 2.33. The Morgan fingerprint density at radius 3 is 2.80 bits per heavy atom. The number of rotatable bonds is 2. The average molecular weight is 201 g/mol. The summed E-state index contributed by atoms with van der Waals surface area (Å²) < 4.78 is 1.79. The van der Waals surface area contributed by atoms with Crippen LogP contribution in [0.15, 0.2) is 30.9 Å². The van der Waals surface area contributed by atoms with Crippen LogP contribution in [0.2, 0.25) is 0 Å². The Balaban J connectivity index is 2.45. The number of carbonyl (C=O) groups excluding carboxylic acids is 1. The minimum absolute atomic E-state index is 0.0375. The molecule has 2 heterocycles. The van der Waals surface area contributed by atoms with E-state index < -0.39 is 0 Å². The highest BCUT2D eigenvalue weighted by atomic mass is 16.1. The molecule has 4 nitrogen and oxygen atoms in total. The summed E-state index contributed by atoms with van der Waals surface area (Å²) in [5.41, 5.74) is 1.58. The smallest absolute Gasteiger partial charge is 0.159 e. The molecule has 0 amide bonds. The molecule has 0 aliphatic rings.